The Bertz CT molecular complexity index is 744. The fraction of sp³-hybridized carbons (Fsp3) is 0.176. The minimum atomic E-state index is -0.211. The second-order valence-electron chi connectivity index (χ2n) is 5.21. The molecule has 23 heavy (non-hydrogen) atoms. The van der Waals surface area contributed by atoms with E-state index in [1.807, 2.05) is 30.3 Å². The van der Waals surface area contributed by atoms with Crippen LogP contribution in [0, 0.1) is 3.57 Å². The molecule has 1 heterocycles. The number of rotatable bonds is 4. The first-order valence-electron chi connectivity index (χ1n) is 7.21. The number of halogens is 1. The minimum absolute atomic E-state index is 0.0306. The Morgan fingerprint density at radius 1 is 1.17 bits per heavy atom. The molecule has 0 saturated carbocycles. The Morgan fingerprint density at radius 2 is 1.96 bits per heavy atom. The molecule has 0 bridgehead atoms. The summed E-state index contributed by atoms with van der Waals surface area (Å²) in [5.41, 5.74) is 2.59. The zero-order valence-corrected chi connectivity index (χ0v) is 14.4. The van der Waals surface area contributed by atoms with Crippen LogP contribution in [0.2, 0.25) is 0 Å². The molecule has 0 atom stereocenters. The van der Waals surface area contributed by atoms with Crippen molar-refractivity contribution in [1.82, 2.24) is 0 Å². The molecule has 0 aromatic heterocycles. The van der Waals surface area contributed by atoms with Crippen molar-refractivity contribution in [2.24, 2.45) is 0 Å². The average molecular weight is 422 g/mol. The number of fused-ring (bicyclic) bond motifs is 1. The van der Waals surface area contributed by atoms with Crippen molar-refractivity contribution in [3.8, 4) is 5.75 Å². The van der Waals surface area contributed by atoms with Gasteiger partial charge < -0.3 is 15.4 Å². The quantitative estimate of drug-likeness (QED) is 0.744. The fourth-order valence-corrected chi connectivity index (χ4v) is 2.69. The lowest BCUT2D eigenvalue weighted by Gasteiger charge is -2.17. The Balaban J connectivity index is 1.56. The normalized spacial score (nSPS) is 13.0. The number of hydrogen-bond acceptors (Lipinski definition) is 3. The third-order valence-corrected chi connectivity index (χ3v) is 4.19. The Morgan fingerprint density at radius 3 is 2.74 bits per heavy atom. The van der Waals surface area contributed by atoms with Crippen LogP contribution in [0.1, 0.15) is 12.0 Å². The second-order valence-corrected chi connectivity index (χ2v) is 6.46. The molecule has 2 amide bonds. The van der Waals surface area contributed by atoms with Gasteiger partial charge in [-0.05, 0) is 77.0 Å². The van der Waals surface area contributed by atoms with E-state index in [2.05, 4.69) is 33.2 Å². The summed E-state index contributed by atoms with van der Waals surface area (Å²) < 4.78 is 6.64. The van der Waals surface area contributed by atoms with E-state index in [1.54, 1.807) is 12.1 Å². The first kappa shape index (κ1) is 15.8. The maximum atomic E-state index is 11.9. The summed E-state index contributed by atoms with van der Waals surface area (Å²) in [6.45, 7) is -0.0584. The van der Waals surface area contributed by atoms with E-state index in [-0.39, 0.29) is 18.4 Å². The van der Waals surface area contributed by atoms with Crippen molar-refractivity contribution >= 4 is 45.8 Å². The van der Waals surface area contributed by atoms with Crippen LogP contribution in [0.15, 0.2) is 42.5 Å². The summed E-state index contributed by atoms with van der Waals surface area (Å²) >= 11 is 2.21. The molecule has 1 aliphatic heterocycles. The minimum Gasteiger partial charge on any atom is -0.484 e. The molecule has 2 N–H and O–H groups in total. The van der Waals surface area contributed by atoms with Crippen molar-refractivity contribution in [1.29, 1.82) is 0 Å². The highest BCUT2D eigenvalue weighted by molar-refractivity contribution is 14.1. The number of carbonyl (C=O) groups excluding carboxylic acids is 2. The predicted molar refractivity (Wildman–Crippen MR) is 96.7 cm³/mol. The van der Waals surface area contributed by atoms with Gasteiger partial charge in [-0.25, -0.2) is 0 Å². The van der Waals surface area contributed by atoms with Gasteiger partial charge in [-0.1, -0.05) is 0 Å². The van der Waals surface area contributed by atoms with Crippen LogP contribution in [-0.4, -0.2) is 18.4 Å². The molecule has 118 valence electrons. The molecule has 6 heteroatoms. The second kappa shape index (κ2) is 6.99. The van der Waals surface area contributed by atoms with E-state index < -0.39 is 0 Å². The summed E-state index contributed by atoms with van der Waals surface area (Å²) in [5.74, 6) is 0.443. The van der Waals surface area contributed by atoms with E-state index in [0.29, 0.717) is 18.6 Å². The molecular weight excluding hydrogens is 407 g/mol. The van der Waals surface area contributed by atoms with Gasteiger partial charge in [0, 0.05) is 21.4 Å². The van der Waals surface area contributed by atoms with E-state index in [9.17, 15) is 9.59 Å². The predicted octanol–water partition coefficient (Wildman–Crippen LogP) is 3.19. The highest BCUT2D eigenvalue weighted by Gasteiger charge is 2.15. The number of hydrogen-bond donors (Lipinski definition) is 2. The van der Waals surface area contributed by atoms with E-state index in [1.165, 1.54) is 0 Å². The molecule has 0 spiro atoms. The zero-order valence-electron chi connectivity index (χ0n) is 12.3. The van der Waals surface area contributed by atoms with Gasteiger partial charge in [-0.3, -0.25) is 9.59 Å². The fourth-order valence-electron chi connectivity index (χ4n) is 2.33. The molecule has 2 aromatic carbocycles. The van der Waals surface area contributed by atoms with Crippen LogP contribution >= 0.6 is 22.6 Å². The van der Waals surface area contributed by atoms with Crippen LogP contribution in [-0.2, 0) is 16.0 Å². The Kier molecular flexibility index (Phi) is 4.80. The number of aryl methyl sites for hydroxylation is 1. The summed E-state index contributed by atoms with van der Waals surface area (Å²) in [5, 5.41) is 5.60. The number of ether oxygens (including phenoxy) is 1. The first-order chi connectivity index (χ1) is 11.1. The van der Waals surface area contributed by atoms with Gasteiger partial charge in [0.05, 0.1) is 0 Å². The smallest absolute Gasteiger partial charge is 0.262 e. The monoisotopic (exact) mass is 422 g/mol. The number of nitrogens with one attached hydrogen (secondary N) is 2. The number of anilines is 2. The maximum absolute atomic E-state index is 11.9. The van der Waals surface area contributed by atoms with Gasteiger partial charge in [-0.15, -0.1) is 0 Å². The largest absolute Gasteiger partial charge is 0.484 e. The van der Waals surface area contributed by atoms with E-state index in [4.69, 9.17) is 4.74 Å². The Labute approximate surface area is 147 Å². The van der Waals surface area contributed by atoms with Gasteiger partial charge in [0.15, 0.2) is 6.61 Å². The van der Waals surface area contributed by atoms with Crippen molar-refractivity contribution < 1.29 is 14.3 Å². The van der Waals surface area contributed by atoms with Gasteiger partial charge >= 0.3 is 0 Å². The lowest BCUT2D eigenvalue weighted by molar-refractivity contribution is -0.118. The van der Waals surface area contributed by atoms with Gasteiger partial charge in [-0.2, -0.15) is 0 Å². The maximum Gasteiger partial charge on any atom is 0.262 e. The molecule has 2 aromatic rings. The lowest BCUT2D eigenvalue weighted by Crippen LogP contribution is -2.21. The number of benzene rings is 2. The molecule has 0 aliphatic carbocycles. The van der Waals surface area contributed by atoms with Gasteiger partial charge in [0.2, 0.25) is 5.91 Å². The van der Waals surface area contributed by atoms with Crippen molar-refractivity contribution in [3.63, 3.8) is 0 Å². The average Bonchev–Trinajstić information content (AvgIpc) is 2.55. The van der Waals surface area contributed by atoms with Crippen LogP contribution in [0.5, 0.6) is 5.75 Å². The van der Waals surface area contributed by atoms with Crippen molar-refractivity contribution in [3.05, 3.63) is 51.6 Å². The van der Waals surface area contributed by atoms with Gasteiger partial charge in [0.25, 0.3) is 5.91 Å². The van der Waals surface area contributed by atoms with E-state index >= 15 is 0 Å². The third-order valence-electron chi connectivity index (χ3n) is 3.47. The molecule has 0 saturated heterocycles. The van der Waals surface area contributed by atoms with Crippen LogP contribution in [0.3, 0.4) is 0 Å². The third kappa shape index (κ3) is 4.22. The van der Waals surface area contributed by atoms with Gasteiger partial charge in [0.1, 0.15) is 5.75 Å². The summed E-state index contributed by atoms with van der Waals surface area (Å²) in [6, 6.07) is 13.0. The summed E-state index contributed by atoms with van der Waals surface area (Å²) in [7, 11) is 0. The first-order valence-corrected chi connectivity index (χ1v) is 8.29. The molecule has 0 unspecified atom stereocenters. The van der Waals surface area contributed by atoms with Crippen molar-refractivity contribution in [2.75, 3.05) is 17.2 Å². The topological polar surface area (TPSA) is 67.4 Å². The number of carbonyl (C=O) groups is 2. The summed E-state index contributed by atoms with van der Waals surface area (Å²) in [4.78, 5) is 23.2. The molecular formula is C17H15IN2O3. The number of amides is 2. The SMILES string of the molecule is O=C(COc1ccc2c(c1)CCC(=O)N2)Nc1ccc(I)cc1. The molecule has 5 nitrogen and oxygen atoms in total. The van der Waals surface area contributed by atoms with Crippen LogP contribution in [0.4, 0.5) is 11.4 Å². The van der Waals surface area contributed by atoms with Crippen molar-refractivity contribution in [2.45, 2.75) is 12.8 Å². The zero-order chi connectivity index (χ0) is 16.2. The standard InChI is InChI=1S/C17H15IN2O3/c18-12-2-4-13(5-3-12)19-17(22)10-23-14-6-7-15-11(9-14)1-8-16(21)20-15/h2-7,9H,1,8,10H2,(H,19,22)(H,20,21). The highest BCUT2D eigenvalue weighted by Crippen LogP contribution is 2.26. The molecule has 0 fully saturated rings. The molecule has 0 radical (unpaired) electrons. The van der Waals surface area contributed by atoms with Crippen LogP contribution in [0.25, 0.3) is 0 Å². The molecule has 1 aliphatic rings. The van der Waals surface area contributed by atoms with E-state index in [0.717, 1.165) is 20.5 Å². The van der Waals surface area contributed by atoms with Crippen LogP contribution < -0.4 is 15.4 Å². The summed E-state index contributed by atoms with van der Waals surface area (Å²) in [6.07, 6.45) is 1.16. The highest BCUT2D eigenvalue weighted by atomic mass is 127. The lowest BCUT2D eigenvalue weighted by atomic mass is 10.0. The molecule has 3 rings (SSSR count). The Hall–Kier alpha value is -2.09.